The van der Waals surface area contributed by atoms with Crippen molar-refractivity contribution in [3.05, 3.63) is 29.3 Å². The standard InChI is InChI=1S/C18H28N2O/c1-3-5-7-16(19)13-14-8-9-17-15(12-14)10-11-20(17)18(21)6-4-2/h8-9,12,16H,3-7,10-11,13,19H2,1-2H3. The molecule has 1 heterocycles. The maximum Gasteiger partial charge on any atom is 0.226 e. The Morgan fingerprint density at radius 1 is 1.33 bits per heavy atom. The summed E-state index contributed by atoms with van der Waals surface area (Å²) in [5.74, 6) is 0.253. The molecule has 2 rings (SSSR count). The van der Waals surface area contributed by atoms with E-state index in [2.05, 4.69) is 32.0 Å². The first-order valence-electron chi connectivity index (χ1n) is 8.33. The van der Waals surface area contributed by atoms with Crippen LogP contribution in [0, 0.1) is 0 Å². The highest BCUT2D eigenvalue weighted by atomic mass is 16.2. The zero-order valence-corrected chi connectivity index (χ0v) is 13.4. The van der Waals surface area contributed by atoms with E-state index >= 15 is 0 Å². The molecule has 0 saturated heterocycles. The minimum Gasteiger partial charge on any atom is -0.327 e. The van der Waals surface area contributed by atoms with Gasteiger partial charge < -0.3 is 10.6 Å². The number of carbonyl (C=O) groups is 1. The molecule has 2 N–H and O–H groups in total. The second-order valence-electron chi connectivity index (χ2n) is 6.11. The van der Waals surface area contributed by atoms with E-state index in [4.69, 9.17) is 5.73 Å². The van der Waals surface area contributed by atoms with E-state index in [0.29, 0.717) is 6.42 Å². The fraction of sp³-hybridized carbons (Fsp3) is 0.611. The molecule has 0 bridgehead atoms. The monoisotopic (exact) mass is 288 g/mol. The van der Waals surface area contributed by atoms with Gasteiger partial charge >= 0.3 is 0 Å². The van der Waals surface area contributed by atoms with Crippen LogP contribution in [0.3, 0.4) is 0 Å². The van der Waals surface area contributed by atoms with Crippen molar-refractivity contribution in [2.24, 2.45) is 5.73 Å². The molecule has 116 valence electrons. The van der Waals surface area contributed by atoms with E-state index < -0.39 is 0 Å². The first kappa shape index (κ1) is 16.0. The zero-order chi connectivity index (χ0) is 15.2. The fourth-order valence-corrected chi connectivity index (χ4v) is 3.06. The lowest BCUT2D eigenvalue weighted by Gasteiger charge is -2.17. The molecule has 3 nitrogen and oxygen atoms in total. The number of rotatable bonds is 7. The van der Waals surface area contributed by atoms with Gasteiger partial charge in [-0.2, -0.15) is 0 Å². The SMILES string of the molecule is CCCCC(N)Cc1ccc2c(c1)CCN2C(=O)CCC. The average Bonchev–Trinajstić information content (AvgIpc) is 2.88. The highest BCUT2D eigenvalue weighted by Crippen LogP contribution is 2.30. The lowest BCUT2D eigenvalue weighted by atomic mass is 9.99. The van der Waals surface area contributed by atoms with Crippen LogP contribution in [0.4, 0.5) is 5.69 Å². The lowest BCUT2D eigenvalue weighted by Crippen LogP contribution is -2.28. The summed E-state index contributed by atoms with van der Waals surface area (Å²) in [6, 6.07) is 6.75. The molecule has 0 saturated carbocycles. The first-order chi connectivity index (χ1) is 10.2. The van der Waals surface area contributed by atoms with Crippen LogP contribution in [0.15, 0.2) is 18.2 Å². The Kier molecular flexibility index (Phi) is 5.80. The molecule has 0 radical (unpaired) electrons. The summed E-state index contributed by atoms with van der Waals surface area (Å²) >= 11 is 0. The van der Waals surface area contributed by atoms with Crippen molar-refractivity contribution >= 4 is 11.6 Å². The summed E-state index contributed by atoms with van der Waals surface area (Å²) in [4.78, 5) is 14.0. The van der Waals surface area contributed by atoms with Crippen LogP contribution >= 0.6 is 0 Å². The maximum absolute atomic E-state index is 12.1. The van der Waals surface area contributed by atoms with E-state index in [9.17, 15) is 4.79 Å². The Morgan fingerprint density at radius 2 is 2.14 bits per heavy atom. The molecule has 1 aromatic rings. The first-order valence-corrected chi connectivity index (χ1v) is 8.33. The molecule has 1 aliphatic rings. The van der Waals surface area contributed by atoms with Gasteiger partial charge in [0.05, 0.1) is 0 Å². The van der Waals surface area contributed by atoms with Crippen molar-refractivity contribution in [3.8, 4) is 0 Å². The van der Waals surface area contributed by atoms with Crippen LogP contribution in [0.5, 0.6) is 0 Å². The number of fused-ring (bicyclic) bond motifs is 1. The third-order valence-electron chi connectivity index (χ3n) is 4.23. The van der Waals surface area contributed by atoms with Crippen molar-refractivity contribution in [2.75, 3.05) is 11.4 Å². The predicted molar refractivity (Wildman–Crippen MR) is 88.6 cm³/mol. The average molecular weight is 288 g/mol. The number of hydrogen-bond acceptors (Lipinski definition) is 2. The highest BCUT2D eigenvalue weighted by molar-refractivity contribution is 5.95. The smallest absolute Gasteiger partial charge is 0.226 e. The zero-order valence-electron chi connectivity index (χ0n) is 13.4. The van der Waals surface area contributed by atoms with Gasteiger partial charge in [-0.3, -0.25) is 4.79 Å². The predicted octanol–water partition coefficient (Wildman–Crippen LogP) is 3.44. The van der Waals surface area contributed by atoms with E-state index in [0.717, 1.165) is 37.9 Å². The van der Waals surface area contributed by atoms with Crippen LogP contribution in [-0.2, 0) is 17.6 Å². The van der Waals surface area contributed by atoms with Crippen molar-refractivity contribution < 1.29 is 4.79 Å². The van der Waals surface area contributed by atoms with E-state index in [1.165, 1.54) is 24.0 Å². The Bertz CT molecular complexity index is 484. The molecular weight excluding hydrogens is 260 g/mol. The van der Waals surface area contributed by atoms with Crippen molar-refractivity contribution in [1.29, 1.82) is 0 Å². The van der Waals surface area contributed by atoms with Crippen molar-refractivity contribution in [3.63, 3.8) is 0 Å². The number of unbranched alkanes of at least 4 members (excludes halogenated alkanes) is 1. The molecule has 0 aromatic heterocycles. The van der Waals surface area contributed by atoms with Gasteiger partial charge in [0, 0.05) is 24.7 Å². The molecule has 1 aromatic carbocycles. The molecular formula is C18H28N2O. The summed E-state index contributed by atoms with van der Waals surface area (Å²) < 4.78 is 0. The van der Waals surface area contributed by atoms with Gasteiger partial charge in [-0.1, -0.05) is 38.8 Å². The topological polar surface area (TPSA) is 46.3 Å². The van der Waals surface area contributed by atoms with Gasteiger partial charge in [-0.15, -0.1) is 0 Å². The van der Waals surface area contributed by atoms with Gasteiger partial charge in [0.2, 0.25) is 5.91 Å². The summed E-state index contributed by atoms with van der Waals surface area (Å²) in [7, 11) is 0. The maximum atomic E-state index is 12.1. The van der Waals surface area contributed by atoms with Crippen LogP contribution in [-0.4, -0.2) is 18.5 Å². The molecule has 0 aliphatic carbocycles. The molecule has 1 atom stereocenters. The molecule has 3 heteroatoms. The van der Waals surface area contributed by atoms with Crippen molar-refractivity contribution in [1.82, 2.24) is 0 Å². The van der Waals surface area contributed by atoms with Gasteiger partial charge in [0.15, 0.2) is 0 Å². The molecule has 1 unspecified atom stereocenters. The quantitative estimate of drug-likeness (QED) is 0.835. The second kappa shape index (κ2) is 7.60. The molecule has 0 fully saturated rings. The fourth-order valence-electron chi connectivity index (χ4n) is 3.06. The van der Waals surface area contributed by atoms with Crippen molar-refractivity contribution in [2.45, 2.75) is 64.8 Å². The number of anilines is 1. The summed E-state index contributed by atoms with van der Waals surface area (Å²) in [5.41, 5.74) is 9.91. The molecule has 1 amide bonds. The van der Waals surface area contributed by atoms with Crippen LogP contribution in [0.2, 0.25) is 0 Å². The summed E-state index contributed by atoms with van der Waals surface area (Å²) in [6.45, 7) is 5.08. The number of hydrogen-bond donors (Lipinski definition) is 1. The second-order valence-corrected chi connectivity index (χ2v) is 6.11. The minimum absolute atomic E-state index is 0.252. The third kappa shape index (κ3) is 4.07. The lowest BCUT2D eigenvalue weighted by molar-refractivity contribution is -0.118. The Balaban J connectivity index is 2.02. The Morgan fingerprint density at radius 3 is 2.86 bits per heavy atom. The molecule has 1 aliphatic heterocycles. The summed E-state index contributed by atoms with van der Waals surface area (Å²) in [6.07, 6.45) is 6.96. The van der Waals surface area contributed by atoms with Crippen LogP contribution < -0.4 is 10.6 Å². The number of carbonyl (C=O) groups excluding carboxylic acids is 1. The molecule has 21 heavy (non-hydrogen) atoms. The summed E-state index contributed by atoms with van der Waals surface area (Å²) in [5, 5.41) is 0. The van der Waals surface area contributed by atoms with Gasteiger partial charge in [-0.25, -0.2) is 0 Å². The van der Waals surface area contributed by atoms with Crippen LogP contribution in [0.1, 0.15) is 57.1 Å². The molecule has 0 spiro atoms. The number of nitrogens with two attached hydrogens (primary N) is 1. The number of amides is 1. The number of nitrogens with zero attached hydrogens (tertiary/aromatic N) is 1. The van der Waals surface area contributed by atoms with E-state index in [1.54, 1.807) is 0 Å². The number of benzene rings is 1. The van der Waals surface area contributed by atoms with Gasteiger partial charge in [0.1, 0.15) is 0 Å². The van der Waals surface area contributed by atoms with Crippen LogP contribution in [0.25, 0.3) is 0 Å². The highest BCUT2D eigenvalue weighted by Gasteiger charge is 2.24. The van der Waals surface area contributed by atoms with Gasteiger partial charge in [-0.05, 0) is 42.9 Å². The minimum atomic E-state index is 0.252. The largest absolute Gasteiger partial charge is 0.327 e. The van der Waals surface area contributed by atoms with Gasteiger partial charge in [0.25, 0.3) is 0 Å². The van der Waals surface area contributed by atoms with E-state index in [-0.39, 0.29) is 11.9 Å². The normalized spacial score (nSPS) is 15.1. The Hall–Kier alpha value is -1.35. The van der Waals surface area contributed by atoms with E-state index in [1.807, 2.05) is 4.90 Å². The Labute approximate surface area is 128 Å². The third-order valence-corrected chi connectivity index (χ3v) is 4.23.